The highest BCUT2D eigenvalue weighted by atomic mass is 16.2. The minimum Gasteiger partial charge on any atom is -0.324 e. The fourth-order valence-electron chi connectivity index (χ4n) is 3.33. The Bertz CT molecular complexity index is 694. The highest BCUT2D eigenvalue weighted by Crippen LogP contribution is 2.31. The smallest absolute Gasteiger partial charge is 0.321 e. The van der Waals surface area contributed by atoms with Crippen molar-refractivity contribution in [2.45, 2.75) is 32.2 Å². The molecule has 2 amide bonds. The lowest BCUT2D eigenvalue weighted by Crippen LogP contribution is -2.33. The zero-order chi connectivity index (χ0) is 16.4. The average Bonchev–Trinajstić information content (AvgIpc) is 3.11. The van der Waals surface area contributed by atoms with E-state index in [0.717, 1.165) is 49.9 Å². The summed E-state index contributed by atoms with van der Waals surface area (Å²) in [6, 6.07) is 9.60. The Labute approximate surface area is 141 Å². The Hall–Kier alpha value is -2.37. The number of likely N-dealkylation sites (tertiary alicyclic amines) is 1. The molecule has 0 spiro atoms. The van der Waals surface area contributed by atoms with Gasteiger partial charge in [0.05, 0.1) is 0 Å². The molecular weight excluding hydrogens is 302 g/mol. The number of nitrogens with zero attached hydrogens (tertiary/aromatic N) is 4. The summed E-state index contributed by atoms with van der Waals surface area (Å²) in [5.41, 5.74) is 0.843. The molecule has 1 N–H and O–H groups in total. The summed E-state index contributed by atoms with van der Waals surface area (Å²) in [5, 5.41) is 11.3. The van der Waals surface area contributed by atoms with Gasteiger partial charge in [0.15, 0.2) is 0 Å². The first-order valence-corrected chi connectivity index (χ1v) is 8.75. The van der Waals surface area contributed by atoms with Gasteiger partial charge >= 0.3 is 6.03 Å². The van der Waals surface area contributed by atoms with Crippen LogP contribution in [0.5, 0.6) is 0 Å². The second kappa shape index (κ2) is 6.63. The largest absolute Gasteiger partial charge is 0.324 e. The third kappa shape index (κ3) is 3.58. The summed E-state index contributed by atoms with van der Waals surface area (Å²) in [6.07, 6.45) is 6.44. The van der Waals surface area contributed by atoms with Gasteiger partial charge in [0.1, 0.15) is 12.2 Å². The van der Waals surface area contributed by atoms with Crippen molar-refractivity contribution >= 4 is 11.7 Å². The molecule has 6 nitrogen and oxygen atoms in total. The minimum absolute atomic E-state index is 0.0110. The lowest BCUT2D eigenvalue weighted by atomic mass is 10.0. The number of nitrogens with one attached hydrogen (secondary N) is 1. The van der Waals surface area contributed by atoms with Crippen molar-refractivity contribution in [2.24, 2.45) is 11.8 Å². The molecule has 1 saturated carbocycles. The zero-order valence-corrected chi connectivity index (χ0v) is 13.8. The predicted molar refractivity (Wildman–Crippen MR) is 91.6 cm³/mol. The molecule has 1 aliphatic heterocycles. The Morgan fingerprint density at radius 1 is 1.17 bits per heavy atom. The van der Waals surface area contributed by atoms with Crippen LogP contribution in [0, 0.1) is 11.8 Å². The molecule has 1 aromatic carbocycles. The molecule has 2 heterocycles. The van der Waals surface area contributed by atoms with Gasteiger partial charge in [0.25, 0.3) is 0 Å². The van der Waals surface area contributed by atoms with Crippen LogP contribution >= 0.6 is 0 Å². The van der Waals surface area contributed by atoms with Crippen molar-refractivity contribution in [1.82, 2.24) is 19.7 Å². The molecule has 1 atom stereocenters. The van der Waals surface area contributed by atoms with Gasteiger partial charge in [-0.1, -0.05) is 18.2 Å². The van der Waals surface area contributed by atoms with Crippen molar-refractivity contribution in [3.05, 3.63) is 42.5 Å². The second-order valence-electron chi connectivity index (χ2n) is 6.94. The molecule has 1 aliphatic carbocycles. The van der Waals surface area contributed by atoms with E-state index in [-0.39, 0.29) is 6.03 Å². The molecule has 0 bridgehead atoms. The van der Waals surface area contributed by atoms with E-state index in [9.17, 15) is 4.79 Å². The number of para-hydroxylation sites is 1. The number of benzene rings is 1. The molecule has 24 heavy (non-hydrogen) atoms. The van der Waals surface area contributed by atoms with Gasteiger partial charge in [-0.25, -0.2) is 4.79 Å². The lowest BCUT2D eigenvalue weighted by Gasteiger charge is -2.17. The maximum Gasteiger partial charge on any atom is 0.321 e. The Morgan fingerprint density at radius 2 is 2.00 bits per heavy atom. The second-order valence-corrected chi connectivity index (χ2v) is 6.94. The van der Waals surface area contributed by atoms with E-state index in [4.69, 9.17) is 0 Å². The molecule has 4 rings (SSSR count). The Balaban J connectivity index is 1.31. The van der Waals surface area contributed by atoms with Crippen LogP contribution in [0.15, 0.2) is 36.7 Å². The standard InChI is InChI=1S/C18H23N5O/c24-18(20-16-4-2-1-3-5-16)22-9-8-15(12-22)10-17-21-19-13-23(17)11-14-6-7-14/h1-5,13-15H,6-12H2,(H,20,24). The van der Waals surface area contributed by atoms with Crippen LogP contribution < -0.4 is 5.32 Å². The summed E-state index contributed by atoms with van der Waals surface area (Å²) in [6.45, 7) is 2.64. The first-order chi connectivity index (χ1) is 11.8. The number of hydrogen-bond acceptors (Lipinski definition) is 3. The number of aromatic nitrogens is 3. The highest BCUT2D eigenvalue weighted by Gasteiger charge is 2.28. The zero-order valence-electron chi connectivity index (χ0n) is 13.8. The summed E-state index contributed by atoms with van der Waals surface area (Å²) < 4.78 is 2.20. The van der Waals surface area contributed by atoms with Gasteiger partial charge in [0, 0.05) is 31.7 Å². The number of hydrogen-bond donors (Lipinski definition) is 1. The summed E-state index contributed by atoms with van der Waals surface area (Å²) in [7, 11) is 0. The van der Waals surface area contributed by atoms with Crippen LogP contribution in [-0.4, -0.2) is 38.8 Å². The number of carbonyl (C=O) groups excluding carboxylic acids is 1. The lowest BCUT2D eigenvalue weighted by molar-refractivity contribution is 0.220. The van der Waals surface area contributed by atoms with Crippen LogP contribution in [0.2, 0.25) is 0 Å². The van der Waals surface area contributed by atoms with Crippen LogP contribution in [0.3, 0.4) is 0 Å². The fraction of sp³-hybridized carbons (Fsp3) is 0.500. The van der Waals surface area contributed by atoms with Gasteiger partial charge in [-0.15, -0.1) is 10.2 Å². The molecule has 6 heteroatoms. The summed E-state index contributed by atoms with van der Waals surface area (Å²) in [4.78, 5) is 14.3. The van der Waals surface area contributed by atoms with Crippen LogP contribution in [0.1, 0.15) is 25.1 Å². The molecule has 1 aromatic heterocycles. The fourth-order valence-corrected chi connectivity index (χ4v) is 3.33. The third-order valence-electron chi connectivity index (χ3n) is 4.92. The van der Waals surface area contributed by atoms with Gasteiger partial charge in [-0.3, -0.25) is 0 Å². The van der Waals surface area contributed by atoms with E-state index in [1.165, 1.54) is 12.8 Å². The average molecular weight is 325 g/mol. The monoisotopic (exact) mass is 325 g/mol. The summed E-state index contributed by atoms with van der Waals surface area (Å²) in [5.74, 6) is 2.35. The molecule has 1 saturated heterocycles. The number of anilines is 1. The molecule has 2 fully saturated rings. The van der Waals surface area contributed by atoms with Gasteiger partial charge in [-0.2, -0.15) is 0 Å². The van der Waals surface area contributed by atoms with Crippen LogP contribution in [-0.2, 0) is 13.0 Å². The molecule has 2 aliphatic rings. The Morgan fingerprint density at radius 3 is 2.79 bits per heavy atom. The number of amides is 2. The first kappa shape index (κ1) is 15.2. The first-order valence-electron chi connectivity index (χ1n) is 8.75. The predicted octanol–water partition coefficient (Wildman–Crippen LogP) is 2.78. The quantitative estimate of drug-likeness (QED) is 0.919. The summed E-state index contributed by atoms with van der Waals surface area (Å²) >= 11 is 0. The maximum atomic E-state index is 12.4. The topological polar surface area (TPSA) is 63.1 Å². The van der Waals surface area contributed by atoms with Gasteiger partial charge < -0.3 is 14.8 Å². The van der Waals surface area contributed by atoms with E-state index in [2.05, 4.69) is 20.1 Å². The van der Waals surface area contributed by atoms with Crippen LogP contribution in [0.25, 0.3) is 0 Å². The maximum absolute atomic E-state index is 12.4. The number of urea groups is 1. The van der Waals surface area contributed by atoms with Crippen LogP contribution in [0.4, 0.5) is 10.5 Å². The SMILES string of the molecule is O=C(Nc1ccccc1)N1CCC(Cc2nncn2CC2CC2)C1. The highest BCUT2D eigenvalue weighted by molar-refractivity contribution is 5.89. The molecule has 1 unspecified atom stereocenters. The molecule has 126 valence electrons. The molecule has 2 aromatic rings. The van der Waals surface area contributed by atoms with Gasteiger partial charge in [0.2, 0.25) is 0 Å². The number of carbonyl (C=O) groups is 1. The van der Waals surface area contributed by atoms with Crippen molar-refractivity contribution in [2.75, 3.05) is 18.4 Å². The van der Waals surface area contributed by atoms with Crippen molar-refractivity contribution < 1.29 is 4.79 Å². The van der Waals surface area contributed by atoms with Gasteiger partial charge in [-0.05, 0) is 43.2 Å². The van der Waals surface area contributed by atoms with Crippen molar-refractivity contribution in [3.8, 4) is 0 Å². The van der Waals surface area contributed by atoms with E-state index >= 15 is 0 Å². The molecular formula is C18H23N5O. The molecule has 0 radical (unpaired) electrons. The minimum atomic E-state index is -0.0110. The normalized spacial score (nSPS) is 20.3. The van der Waals surface area contributed by atoms with E-state index in [1.54, 1.807) is 0 Å². The van der Waals surface area contributed by atoms with E-state index in [0.29, 0.717) is 5.92 Å². The van der Waals surface area contributed by atoms with Crippen molar-refractivity contribution in [3.63, 3.8) is 0 Å². The Kier molecular flexibility index (Phi) is 4.19. The number of rotatable bonds is 5. The third-order valence-corrected chi connectivity index (χ3v) is 4.92. The van der Waals surface area contributed by atoms with Crippen molar-refractivity contribution in [1.29, 1.82) is 0 Å². The van der Waals surface area contributed by atoms with E-state index < -0.39 is 0 Å². The van der Waals surface area contributed by atoms with E-state index in [1.807, 2.05) is 41.6 Å².